The van der Waals surface area contributed by atoms with Crippen LogP contribution < -0.4 is 10.1 Å². The van der Waals surface area contributed by atoms with Crippen LogP contribution >= 0.6 is 0 Å². The summed E-state index contributed by atoms with van der Waals surface area (Å²) >= 11 is 0. The minimum absolute atomic E-state index is 0.0222. The summed E-state index contributed by atoms with van der Waals surface area (Å²) in [5.41, 5.74) is 0.271. The largest absolute Gasteiger partial charge is 0.481 e. The van der Waals surface area contributed by atoms with Crippen molar-refractivity contribution in [3.63, 3.8) is 0 Å². The maximum absolute atomic E-state index is 12.1. The van der Waals surface area contributed by atoms with Crippen molar-refractivity contribution in [1.82, 2.24) is 4.90 Å². The van der Waals surface area contributed by atoms with Gasteiger partial charge in [0, 0.05) is 25.3 Å². The molecule has 0 fully saturated rings. The number of carbonyl (C=O) groups is 2. The van der Waals surface area contributed by atoms with Gasteiger partial charge in [-0.05, 0) is 12.1 Å². The van der Waals surface area contributed by atoms with Crippen molar-refractivity contribution in [3.8, 4) is 5.75 Å². The number of rotatable bonds is 6. The lowest BCUT2D eigenvalue weighted by atomic mass is 10.2. The van der Waals surface area contributed by atoms with Gasteiger partial charge in [-0.2, -0.15) is 8.78 Å². The molecule has 0 saturated carbocycles. The summed E-state index contributed by atoms with van der Waals surface area (Å²) in [6.07, 6.45) is 0. The Bertz CT molecular complexity index is 511. The maximum Gasteiger partial charge on any atom is 0.387 e. The molecule has 8 heteroatoms. The highest BCUT2D eigenvalue weighted by atomic mass is 19.3. The van der Waals surface area contributed by atoms with Crippen LogP contribution in [0.2, 0.25) is 0 Å². The van der Waals surface area contributed by atoms with E-state index in [1.807, 2.05) is 0 Å². The van der Waals surface area contributed by atoms with Crippen LogP contribution in [0.25, 0.3) is 0 Å². The van der Waals surface area contributed by atoms with Gasteiger partial charge in [0.05, 0.1) is 5.92 Å². The lowest BCUT2D eigenvalue weighted by Crippen LogP contribution is -2.36. The summed E-state index contributed by atoms with van der Waals surface area (Å²) in [5.74, 6) is -1.81. The summed E-state index contributed by atoms with van der Waals surface area (Å²) in [5, 5.41) is 11.2. The van der Waals surface area contributed by atoms with E-state index in [0.717, 1.165) is 0 Å². The van der Waals surface area contributed by atoms with Crippen LogP contribution in [0.5, 0.6) is 5.75 Å². The van der Waals surface area contributed by atoms with Crippen LogP contribution in [0.4, 0.5) is 19.3 Å². The number of alkyl halides is 2. The Hall–Kier alpha value is -2.38. The molecule has 116 valence electrons. The van der Waals surface area contributed by atoms with Gasteiger partial charge in [0.2, 0.25) is 0 Å². The SMILES string of the molecule is CC(CN(C)C(=O)Nc1cccc(OC(F)F)c1)C(=O)O. The predicted molar refractivity (Wildman–Crippen MR) is 71.5 cm³/mol. The van der Waals surface area contributed by atoms with Gasteiger partial charge < -0.3 is 20.1 Å². The number of hydrogen-bond donors (Lipinski definition) is 2. The van der Waals surface area contributed by atoms with E-state index in [1.165, 1.54) is 43.1 Å². The number of anilines is 1. The predicted octanol–water partition coefficient (Wildman–Crippen LogP) is 2.47. The van der Waals surface area contributed by atoms with Crippen LogP contribution in [0.15, 0.2) is 24.3 Å². The smallest absolute Gasteiger partial charge is 0.387 e. The second-order valence-electron chi connectivity index (χ2n) is 4.46. The van der Waals surface area contributed by atoms with Gasteiger partial charge in [0.15, 0.2) is 0 Å². The number of carboxylic acids is 1. The molecular formula is C13H16F2N2O4. The Morgan fingerprint density at radius 3 is 2.67 bits per heavy atom. The van der Waals surface area contributed by atoms with Crippen molar-refractivity contribution < 1.29 is 28.2 Å². The molecule has 0 aliphatic carbocycles. The molecule has 0 bridgehead atoms. The van der Waals surface area contributed by atoms with Crippen molar-refractivity contribution in [1.29, 1.82) is 0 Å². The molecule has 0 spiro atoms. The number of carboxylic acid groups (broad SMARTS) is 1. The molecule has 21 heavy (non-hydrogen) atoms. The fourth-order valence-corrected chi connectivity index (χ4v) is 1.54. The number of ether oxygens (including phenoxy) is 1. The van der Waals surface area contributed by atoms with Crippen molar-refractivity contribution in [3.05, 3.63) is 24.3 Å². The molecule has 1 rings (SSSR count). The first kappa shape index (κ1) is 16.7. The zero-order valence-electron chi connectivity index (χ0n) is 11.5. The second-order valence-corrected chi connectivity index (χ2v) is 4.46. The lowest BCUT2D eigenvalue weighted by Gasteiger charge is -2.20. The molecule has 0 heterocycles. The van der Waals surface area contributed by atoms with E-state index >= 15 is 0 Å². The number of nitrogens with zero attached hydrogens (tertiary/aromatic N) is 1. The topological polar surface area (TPSA) is 78.9 Å². The number of urea groups is 1. The van der Waals surface area contributed by atoms with Crippen molar-refractivity contribution in [2.75, 3.05) is 18.9 Å². The number of benzene rings is 1. The van der Waals surface area contributed by atoms with E-state index in [1.54, 1.807) is 0 Å². The minimum atomic E-state index is -2.95. The van der Waals surface area contributed by atoms with Gasteiger partial charge in [-0.25, -0.2) is 4.79 Å². The number of amides is 2. The normalized spacial score (nSPS) is 11.9. The van der Waals surface area contributed by atoms with Gasteiger partial charge in [-0.15, -0.1) is 0 Å². The minimum Gasteiger partial charge on any atom is -0.481 e. The average molecular weight is 302 g/mol. The number of halogens is 2. The molecule has 1 aromatic rings. The molecule has 0 radical (unpaired) electrons. The third-order valence-corrected chi connectivity index (χ3v) is 2.63. The second kappa shape index (κ2) is 7.41. The molecular weight excluding hydrogens is 286 g/mol. The molecule has 2 amide bonds. The molecule has 6 nitrogen and oxygen atoms in total. The first-order chi connectivity index (χ1) is 9.79. The van der Waals surface area contributed by atoms with E-state index < -0.39 is 24.5 Å². The van der Waals surface area contributed by atoms with Crippen LogP contribution in [0.1, 0.15) is 6.92 Å². The third-order valence-electron chi connectivity index (χ3n) is 2.63. The van der Waals surface area contributed by atoms with E-state index in [0.29, 0.717) is 0 Å². The van der Waals surface area contributed by atoms with Gasteiger partial charge in [-0.3, -0.25) is 4.79 Å². The standard InChI is InChI=1S/C13H16F2N2O4/c1-8(11(18)19)7-17(2)13(20)16-9-4-3-5-10(6-9)21-12(14)15/h3-6,8,12H,7H2,1-2H3,(H,16,20)(H,18,19). The Balaban J connectivity index is 2.63. The number of hydrogen-bond acceptors (Lipinski definition) is 3. The number of aliphatic carboxylic acids is 1. The monoisotopic (exact) mass is 302 g/mol. The van der Waals surface area contributed by atoms with Gasteiger partial charge in [-0.1, -0.05) is 13.0 Å². The van der Waals surface area contributed by atoms with Gasteiger partial charge in [0.25, 0.3) is 0 Å². The van der Waals surface area contributed by atoms with Gasteiger partial charge >= 0.3 is 18.6 Å². The Kier molecular flexibility index (Phi) is 5.89. The van der Waals surface area contributed by atoms with Crippen LogP contribution in [0.3, 0.4) is 0 Å². The molecule has 0 aliphatic heterocycles. The highest BCUT2D eigenvalue weighted by molar-refractivity contribution is 5.89. The van der Waals surface area contributed by atoms with Crippen molar-refractivity contribution in [2.24, 2.45) is 5.92 Å². The Morgan fingerprint density at radius 1 is 1.43 bits per heavy atom. The summed E-state index contributed by atoms with van der Waals surface area (Å²) in [7, 11) is 1.44. The number of nitrogens with one attached hydrogen (secondary N) is 1. The zero-order chi connectivity index (χ0) is 16.0. The first-order valence-electron chi connectivity index (χ1n) is 6.09. The number of carbonyl (C=O) groups excluding carboxylic acids is 1. The van der Waals surface area contributed by atoms with Crippen molar-refractivity contribution in [2.45, 2.75) is 13.5 Å². The van der Waals surface area contributed by atoms with E-state index in [9.17, 15) is 18.4 Å². The summed E-state index contributed by atoms with van der Waals surface area (Å²) in [6, 6.07) is 4.99. The third kappa shape index (κ3) is 5.64. The highest BCUT2D eigenvalue weighted by Crippen LogP contribution is 2.19. The summed E-state index contributed by atoms with van der Waals surface area (Å²) in [6.45, 7) is -1.45. The van der Waals surface area contributed by atoms with Crippen molar-refractivity contribution >= 4 is 17.7 Å². The zero-order valence-corrected chi connectivity index (χ0v) is 11.5. The Labute approximate surface area is 120 Å². The molecule has 0 aromatic heterocycles. The van der Waals surface area contributed by atoms with Crippen LogP contribution in [-0.2, 0) is 4.79 Å². The van der Waals surface area contributed by atoms with Crippen LogP contribution in [-0.4, -0.2) is 42.2 Å². The summed E-state index contributed by atoms with van der Waals surface area (Å²) in [4.78, 5) is 23.7. The average Bonchev–Trinajstić information content (AvgIpc) is 2.37. The maximum atomic E-state index is 12.1. The molecule has 0 aliphatic rings. The highest BCUT2D eigenvalue weighted by Gasteiger charge is 2.17. The summed E-state index contributed by atoms with van der Waals surface area (Å²) < 4.78 is 28.4. The van der Waals surface area contributed by atoms with E-state index in [4.69, 9.17) is 5.11 Å². The quantitative estimate of drug-likeness (QED) is 0.846. The Morgan fingerprint density at radius 2 is 2.10 bits per heavy atom. The molecule has 0 saturated heterocycles. The van der Waals surface area contributed by atoms with Gasteiger partial charge in [0.1, 0.15) is 5.75 Å². The fraction of sp³-hybridized carbons (Fsp3) is 0.385. The molecule has 2 N–H and O–H groups in total. The molecule has 1 aromatic carbocycles. The fourth-order valence-electron chi connectivity index (χ4n) is 1.54. The van der Waals surface area contributed by atoms with E-state index in [-0.39, 0.29) is 18.0 Å². The molecule has 1 unspecified atom stereocenters. The van der Waals surface area contributed by atoms with E-state index in [2.05, 4.69) is 10.1 Å². The first-order valence-corrected chi connectivity index (χ1v) is 6.09. The lowest BCUT2D eigenvalue weighted by molar-refractivity contribution is -0.141. The molecule has 1 atom stereocenters. The van der Waals surface area contributed by atoms with Crippen LogP contribution in [0, 0.1) is 5.92 Å².